The summed E-state index contributed by atoms with van der Waals surface area (Å²) in [4.78, 5) is 12.0. The van der Waals surface area contributed by atoms with Gasteiger partial charge in [-0.25, -0.2) is 0 Å². The molecule has 3 atom stereocenters. The quantitative estimate of drug-likeness (QED) is 0.783. The van der Waals surface area contributed by atoms with E-state index < -0.39 is 0 Å². The van der Waals surface area contributed by atoms with Crippen molar-refractivity contribution in [3.63, 3.8) is 0 Å². The Morgan fingerprint density at radius 1 is 1.52 bits per heavy atom. The van der Waals surface area contributed by atoms with Gasteiger partial charge in [-0.3, -0.25) is 9.48 Å². The van der Waals surface area contributed by atoms with E-state index in [1.807, 2.05) is 6.20 Å². The standard InChI is InChI=1S/C17H28BrN3O2/c1-12(2)15-5-4-13(3)8-16(15)23-11-17(22)19-6-7-21-10-14(18)9-20-21/h9-10,12-13,15-16H,4-8,11H2,1-3H3,(H,19,22). The van der Waals surface area contributed by atoms with Crippen LogP contribution in [0.5, 0.6) is 0 Å². The molecule has 1 N–H and O–H groups in total. The van der Waals surface area contributed by atoms with Gasteiger partial charge in [0.2, 0.25) is 5.91 Å². The molecule has 0 aliphatic heterocycles. The first kappa shape index (κ1) is 18.5. The molecule has 0 spiro atoms. The molecule has 1 aromatic heterocycles. The third-order valence-corrected chi connectivity index (χ3v) is 5.06. The Balaban J connectivity index is 1.70. The number of hydrogen-bond acceptors (Lipinski definition) is 3. The molecular formula is C17H28BrN3O2. The van der Waals surface area contributed by atoms with Crippen LogP contribution in [0, 0.1) is 17.8 Å². The zero-order chi connectivity index (χ0) is 16.8. The van der Waals surface area contributed by atoms with E-state index in [2.05, 4.69) is 47.1 Å². The molecule has 0 bridgehead atoms. The SMILES string of the molecule is CC1CCC(C(C)C)C(OCC(=O)NCCn2cc(Br)cn2)C1. The van der Waals surface area contributed by atoms with Gasteiger partial charge in [-0.2, -0.15) is 5.10 Å². The van der Waals surface area contributed by atoms with E-state index in [9.17, 15) is 4.79 Å². The first-order chi connectivity index (χ1) is 11.0. The van der Waals surface area contributed by atoms with Gasteiger partial charge in [-0.15, -0.1) is 0 Å². The molecule has 1 aromatic rings. The van der Waals surface area contributed by atoms with E-state index in [1.54, 1.807) is 10.9 Å². The number of nitrogens with one attached hydrogen (secondary N) is 1. The summed E-state index contributed by atoms with van der Waals surface area (Å²) in [5.74, 6) is 1.82. The number of ether oxygens (including phenoxy) is 1. The van der Waals surface area contributed by atoms with Crippen LogP contribution in [0.2, 0.25) is 0 Å². The van der Waals surface area contributed by atoms with Crippen molar-refractivity contribution in [1.29, 1.82) is 0 Å². The summed E-state index contributed by atoms with van der Waals surface area (Å²) in [5.41, 5.74) is 0. The lowest BCUT2D eigenvalue weighted by Crippen LogP contribution is -2.38. The Morgan fingerprint density at radius 3 is 2.96 bits per heavy atom. The Labute approximate surface area is 147 Å². The molecule has 1 heterocycles. The first-order valence-electron chi connectivity index (χ1n) is 8.52. The van der Waals surface area contributed by atoms with Gasteiger partial charge in [0.05, 0.1) is 23.3 Å². The molecule has 130 valence electrons. The number of nitrogens with zero attached hydrogens (tertiary/aromatic N) is 2. The molecular weight excluding hydrogens is 358 g/mol. The third-order valence-electron chi connectivity index (χ3n) is 4.65. The predicted molar refractivity (Wildman–Crippen MR) is 94.0 cm³/mol. The zero-order valence-electron chi connectivity index (χ0n) is 14.3. The van der Waals surface area contributed by atoms with Crippen LogP contribution >= 0.6 is 15.9 Å². The highest BCUT2D eigenvalue weighted by atomic mass is 79.9. The summed E-state index contributed by atoms with van der Waals surface area (Å²) >= 11 is 3.35. The van der Waals surface area contributed by atoms with Crippen molar-refractivity contribution in [3.8, 4) is 0 Å². The van der Waals surface area contributed by atoms with Crippen molar-refractivity contribution >= 4 is 21.8 Å². The lowest BCUT2D eigenvalue weighted by atomic mass is 9.75. The zero-order valence-corrected chi connectivity index (χ0v) is 15.9. The fourth-order valence-corrected chi connectivity index (χ4v) is 3.64. The fraction of sp³-hybridized carbons (Fsp3) is 0.765. The van der Waals surface area contributed by atoms with Crippen molar-refractivity contribution in [3.05, 3.63) is 16.9 Å². The van der Waals surface area contributed by atoms with Crippen LogP contribution in [-0.2, 0) is 16.1 Å². The van der Waals surface area contributed by atoms with Gasteiger partial charge in [-0.1, -0.05) is 27.2 Å². The monoisotopic (exact) mass is 385 g/mol. The minimum Gasteiger partial charge on any atom is -0.368 e. The second-order valence-electron chi connectivity index (χ2n) is 6.95. The van der Waals surface area contributed by atoms with E-state index in [4.69, 9.17) is 4.74 Å². The van der Waals surface area contributed by atoms with Crippen LogP contribution in [-0.4, -0.2) is 34.9 Å². The molecule has 0 aromatic carbocycles. The van der Waals surface area contributed by atoms with E-state index in [1.165, 1.54) is 12.8 Å². The maximum atomic E-state index is 12.0. The number of amides is 1. The van der Waals surface area contributed by atoms with Crippen molar-refractivity contribution in [2.24, 2.45) is 17.8 Å². The summed E-state index contributed by atoms with van der Waals surface area (Å²) in [6.07, 6.45) is 7.39. The van der Waals surface area contributed by atoms with Gasteiger partial charge in [0.25, 0.3) is 0 Å². The number of aromatic nitrogens is 2. The van der Waals surface area contributed by atoms with Crippen molar-refractivity contribution in [2.75, 3.05) is 13.2 Å². The van der Waals surface area contributed by atoms with E-state index in [-0.39, 0.29) is 18.6 Å². The molecule has 2 rings (SSSR count). The van der Waals surface area contributed by atoms with Crippen LogP contribution in [0.15, 0.2) is 16.9 Å². The molecule has 6 heteroatoms. The molecule has 0 saturated heterocycles. The lowest BCUT2D eigenvalue weighted by molar-refractivity contribution is -0.131. The predicted octanol–water partition coefficient (Wildman–Crippen LogP) is 3.24. The molecule has 1 aliphatic carbocycles. The molecule has 0 radical (unpaired) electrons. The third kappa shape index (κ3) is 5.92. The van der Waals surface area contributed by atoms with Crippen LogP contribution in [0.4, 0.5) is 0 Å². The number of rotatable bonds is 7. The summed E-state index contributed by atoms with van der Waals surface area (Å²) in [6.45, 7) is 8.15. The molecule has 1 fully saturated rings. The van der Waals surface area contributed by atoms with E-state index >= 15 is 0 Å². The largest absolute Gasteiger partial charge is 0.368 e. The Bertz CT molecular complexity index is 504. The normalized spacial score (nSPS) is 24.8. The summed E-state index contributed by atoms with van der Waals surface area (Å²) in [7, 11) is 0. The topological polar surface area (TPSA) is 56.1 Å². The van der Waals surface area contributed by atoms with Gasteiger partial charge >= 0.3 is 0 Å². The second-order valence-corrected chi connectivity index (χ2v) is 7.86. The minimum atomic E-state index is -0.0445. The molecule has 1 saturated carbocycles. The molecule has 1 amide bonds. The molecule has 23 heavy (non-hydrogen) atoms. The van der Waals surface area contributed by atoms with Crippen molar-refractivity contribution < 1.29 is 9.53 Å². The average molecular weight is 386 g/mol. The van der Waals surface area contributed by atoms with Gasteiger partial charge in [-0.05, 0) is 46.5 Å². The van der Waals surface area contributed by atoms with Crippen molar-refractivity contribution in [1.82, 2.24) is 15.1 Å². The van der Waals surface area contributed by atoms with Gasteiger partial charge in [0, 0.05) is 12.7 Å². The van der Waals surface area contributed by atoms with Gasteiger partial charge < -0.3 is 10.1 Å². The highest BCUT2D eigenvalue weighted by Crippen LogP contribution is 2.35. The molecule has 1 aliphatic rings. The summed E-state index contributed by atoms with van der Waals surface area (Å²) in [5, 5.41) is 7.05. The van der Waals surface area contributed by atoms with Crippen LogP contribution in [0.3, 0.4) is 0 Å². The highest BCUT2D eigenvalue weighted by Gasteiger charge is 2.31. The Hall–Kier alpha value is -0.880. The lowest BCUT2D eigenvalue weighted by Gasteiger charge is -2.37. The van der Waals surface area contributed by atoms with E-state index in [0.29, 0.717) is 30.8 Å². The average Bonchev–Trinajstić information content (AvgIpc) is 2.90. The number of carbonyl (C=O) groups excluding carboxylic acids is 1. The first-order valence-corrected chi connectivity index (χ1v) is 9.31. The second kappa shape index (κ2) is 8.83. The highest BCUT2D eigenvalue weighted by molar-refractivity contribution is 9.10. The maximum absolute atomic E-state index is 12.0. The van der Waals surface area contributed by atoms with E-state index in [0.717, 1.165) is 10.9 Å². The molecule has 5 nitrogen and oxygen atoms in total. The minimum absolute atomic E-state index is 0.0445. The van der Waals surface area contributed by atoms with Crippen LogP contribution < -0.4 is 5.32 Å². The van der Waals surface area contributed by atoms with Crippen molar-refractivity contribution in [2.45, 2.75) is 52.7 Å². The smallest absolute Gasteiger partial charge is 0.246 e. The maximum Gasteiger partial charge on any atom is 0.246 e. The fourth-order valence-electron chi connectivity index (χ4n) is 3.31. The summed E-state index contributed by atoms with van der Waals surface area (Å²) in [6, 6.07) is 0. The molecule has 3 unspecified atom stereocenters. The van der Waals surface area contributed by atoms with Gasteiger partial charge in [0.1, 0.15) is 6.61 Å². The van der Waals surface area contributed by atoms with Crippen LogP contribution in [0.25, 0.3) is 0 Å². The van der Waals surface area contributed by atoms with Crippen LogP contribution in [0.1, 0.15) is 40.0 Å². The van der Waals surface area contributed by atoms with Gasteiger partial charge in [0.15, 0.2) is 0 Å². The Morgan fingerprint density at radius 2 is 2.30 bits per heavy atom. The number of halogens is 1. The number of carbonyl (C=O) groups is 1. The summed E-state index contributed by atoms with van der Waals surface area (Å²) < 4.78 is 8.69. The number of hydrogen-bond donors (Lipinski definition) is 1. The Kier molecular flexibility index (Phi) is 7.09.